The molecule has 0 aliphatic carbocycles. The van der Waals surface area contributed by atoms with Crippen molar-refractivity contribution in [2.45, 2.75) is 188 Å². The SMILES string of the molecule is CCC1C/C=C/C=C\CC(=O)CC2=CC(=O)OC(C2)CC(OC)C(C)CCC(C)C(C)C(O)CC(O)/C=C/CC2=CC(=O)OC(/C=C(/C)CC(COC)OC(=O)CC(C)/C=C/C=C(/C)CC(O)C1)C2C. The number of hydrogen-bond donors (Lipinski definition) is 3. The molecule has 0 amide bonds. The monoisotopic (exact) mass is 977 g/mol. The van der Waals surface area contributed by atoms with Gasteiger partial charge in [-0.3, -0.25) is 9.59 Å². The molecule has 0 saturated carbocycles. The van der Waals surface area contributed by atoms with Crippen LogP contribution in [-0.2, 0) is 42.9 Å². The Morgan fingerprint density at radius 1 is 0.729 bits per heavy atom. The Morgan fingerprint density at radius 3 is 2.16 bits per heavy atom. The summed E-state index contributed by atoms with van der Waals surface area (Å²) in [7, 11) is 3.23. The summed E-state index contributed by atoms with van der Waals surface area (Å²) in [4.78, 5) is 51.4. The van der Waals surface area contributed by atoms with Gasteiger partial charge in [-0.2, -0.15) is 0 Å². The van der Waals surface area contributed by atoms with Gasteiger partial charge in [-0.05, 0) is 81.6 Å². The number of carbonyl (C=O) groups excluding carboxylic acids is 4. The van der Waals surface area contributed by atoms with Crippen LogP contribution in [0.2, 0.25) is 0 Å². The average Bonchev–Trinajstić information content (AvgIpc) is 3.28. The number of aliphatic hydroxyl groups excluding tert-OH is 3. The Bertz CT molecular complexity index is 1900. The first-order valence-corrected chi connectivity index (χ1v) is 25.9. The molecule has 0 spiro atoms. The highest BCUT2D eigenvalue weighted by Gasteiger charge is 2.31. The lowest BCUT2D eigenvalue weighted by molar-refractivity contribution is -0.152. The number of carbonyl (C=O) groups is 4. The molecule has 13 unspecified atom stereocenters. The maximum Gasteiger partial charge on any atom is 0.331 e. The zero-order chi connectivity index (χ0) is 51.8. The Labute approximate surface area is 420 Å². The highest BCUT2D eigenvalue weighted by molar-refractivity contribution is 5.88. The van der Waals surface area contributed by atoms with Crippen LogP contribution >= 0.6 is 0 Å². The van der Waals surface area contributed by atoms with Gasteiger partial charge in [0.15, 0.2) is 0 Å². The smallest absolute Gasteiger partial charge is 0.331 e. The van der Waals surface area contributed by atoms with Gasteiger partial charge in [-0.25, -0.2) is 9.59 Å². The van der Waals surface area contributed by atoms with Crippen LogP contribution in [0.15, 0.2) is 95.2 Å². The van der Waals surface area contributed by atoms with Gasteiger partial charge >= 0.3 is 17.9 Å². The largest absolute Gasteiger partial charge is 0.460 e. The maximum absolute atomic E-state index is 13.1. The van der Waals surface area contributed by atoms with Crippen LogP contribution in [0, 0.1) is 35.5 Å². The third kappa shape index (κ3) is 22.9. The number of ketones is 1. The van der Waals surface area contributed by atoms with Crippen molar-refractivity contribution in [3.05, 3.63) is 95.2 Å². The molecule has 70 heavy (non-hydrogen) atoms. The molecule has 3 heterocycles. The molecule has 3 N–H and O–H groups in total. The molecule has 3 rings (SSSR count). The summed E-state index contributed by atoms with van der Waals surface area (Å²) in [6.07, 6.45) is 25.4. The van der Waals surface area contributed by atoms with Crippen LogP contribution in [-0.4, -0.2) is 103 Å². The topological polar surface area (TPSA) is 175 Å². The molecule has 0 saturated heterocycles. The van der Waals surface area contributed by atoms with Crippen LogP contribution in [0.25, 0.3) is 0 Å². The van der Waals surface area contributed by atoms with E-state index in [1.54, 1.807) is 20.3 Å². The summed E-state index contributed by atoms with van der Waals surface area (Å²) < 4.78 is 28.6. The number of ether oxygens (including phenoxy) is 5. The third-order valence-corrected chi connectivity index (χ3v) is 14.3. The van der Waals surface area contributed by atoms with Gasteiger partial charge in [-0.15, -0.1) is 0 Å². The summed E-state index contributed by atoms with van der Waals surface area (Å²) >= 11 is 0. The summed E-state index contributed by atoms with van der Waals surface area (Å²) in [5.74, 6) is -0.933. The van der Waals surface area contributed by atoms with E-state index in [0.29, 0.717) is 44.4 Å². The minimum absolute atomic E-state index is 0.0207. The number of fused-ring (bicyclic) bond motifs is 4. The second kappa shape index (κ2) is 32.0. The average molecular weight is 977 g/mol. The molecular formula is C58H88O12. The number of esters is 3. The van der Waals surface area contributed by atoms with Crippen molar-refractivity contribution in [1.29, 1.82) is 0 Å². The Kier molecular flexibility index (Phi) is 27.5. The summed E-state index contributed by atoms with van der Waals surface area (Å²) in [5.41, 5.74) is 3.55. The van der Waals surface area contributed by atoms with Gasteiger partial charge in [0.05, 0.1) is 37.4 Å². The van der Waals surface area contributed by atoms with E-state index in [9.17, 15) is 34.5 Å². The molecule has 0 aromatic carbocycles. The van der Waals surface area contributed by atoms with E-state index in [-0.39, 0.29) is 79.7 Å². The van der Waals surface area contributed by atoms with Crippen LogP contribution in [0.1, 0.15) is 145 Å². The zero-order valence-electron chi connectivity index (χ0n) is 44.1. The fourth-order valence-corrected chi connectivity index (χ4v) is 9.57. The van der Waals surface area contributed by atoms with Crippen molar-refractivity contribution in [2.24, 2.45) is 35.5 Å². The lowest BCUT2D eigenvalue weighted by Crippen LogP contribution is -2.32. The highest BCUT2D eigenvalue weighted by Crippen LogP contribution is 2.32. The first kappa shape index (κ1) is 60.1. The van der Waals surface area contributed by atoms with Gasteiger partial charge in [0.25, 0.3) is 0 Å². The number of hydrogen-bond acceptors (Lipinski definition) is 12. The van der Waals surface area contributed by atoms with E-state index in [0.717, 1.165) is 48.0 Å². The number of methoxy groups -OCH3 is 2. The molecular weight excluding hydrogens is 889 g/mol. The Balaban J connectivity index is 1.74. The molecule has 3 aliphatic rings. The molecule has 0 aromatic rings. The van der Waals surface area contributed by atoms with Crippen molar-refractivity contribution < 1.29 is 58.2 Å². The molecule has 13 atom stereocenters. The van der Waals surface area contributed by atoms with E-state index in [1.807, 2.05) is 83.2 Å². The molecule has 3 aliphatic heterocycles. The second-order valence-electron chi connectivity index (χ2n) is 20.6. The predicted octanol–water partition coefficient (Wildman–Crippen LogP) is 10.3. The molecule has 0 fully saturated rings. The van der Waals surface area contributed by atoms with Gasteiger partial charge in [0.2, 0.25) is 0 Å². The van der Waals surface area contributed by atoms with Crippen molar-refractivity contribution >= 4 is 23.7 Å². The minimum Gasteiger partial charge on any atom is -0.460 e. The summed E-state index contributed by atoms with van der Waals surface area (Å²) in [6, 6.07) is 0. The fourth-order valence-electron chi connectivity index (χ4n) is 9.57. The molecule has 4 bridgehead atoms. The highest BCUT2D eigenvalue weighted by atomic mass is 16.6. The lowest BCUT2D eigenvalue weighted by Gasteiger charge is -2.31. The number of aliphatic hydroxyl groups is 3. The van der Waals surface area contributed by atoms with Gasteiger partial charge < -0.3 is 39.0 Å². The first-order chi connectivity index (χ1) is 33.3. The quantitative estimate of drug-likeness (QED) is 0.138. The number of Topliss-reactive ketones (excluding diaryl/α,β-unsaturated/α-hetero) is 1. The maximum atomic E-state index is 13.1. The van der Waals surface area contributed by atoms with E-state index in [4.69, 9.17) is 23.7 Å². The van der Waals surface area contributed by atoms with Crippen molar-refractivity contribution in [2.75, 3.05) is 20.8 Å². The Hall–Kier alpha value is -4.20. The van der Waals surface area contributed by atoms with E-state index in [1.165, 1.54) is 12.2 Å². The normalized spacial score (nSPS) is 36.7. The molecule has 12 heteroatoms. The van der Waals surface area contributed by atoms with Gasteiger partial charge in [-0.1, -0.05) is 131 Å². The van der Waals surface area contributed by atoms with Crippen LogP contribution in [0.4, 0.5) is 0 Å². The summed E-state index contributed by atoms with van der Waals surface area (Å²) in [6.45, 7) is 16.4. The number of cyclic esters (lactones) is 1. The van der Waals surface area contributed by atoms with Gasteiger partial charge in [0.1, 0.15) is 24.1 Å². The summed E-state index contributed by atoms with van der Waals surface area (Å²) in [5, 5.41) is 33.0. The van der Waals surface area contributed by atoms with Crippen LogP contribution in [0.5, 0.6) is 0 Å². The zero-order valence-corrected chi connectivity index (χ0v) is 44.1. The van der Waals surface area contributed by atoms with E-state index in [2.05, 4.69) is 26.8 Å². The van der Waals surface area contributed by atoms with Crippen molar-refractivity contribution in [3.63, 3.8) is 0 Å². The predicted molar refractivity (Wildman–Crippen MR) is 275 cm³/mol. The minimum atomic E-state index is -0.880. The molecule has 0 aromatic heterocycles. The second-order valence-corrected chi connectivity index (χ2v) is 20.6. The standard InChI is InChI=1S/C58H88O12/c1-11-45-20-14-12-13-15-22-48(59)31-46-32-51(68-57(64)33-46)36-54(67-10)42(6)25-24-41(5)43(7)53(62)35-49(60)23-17-21-47-34-58(65)70-55(44(47)8)28-40(4)27-52(37-66-9)69-56(63)29-39(3)19-16-18-38(2)26-50(61)30-45/h12-19,23,28,33-34,39,41-45,49-55,60-62H,11,20-22,24-27,29-32,35-37H2,1-10H3/b14-12+,15-13-,19-16+,23-17+,38-18-,40-28-. The Morgan fingerprint density at radius 2 is 1.44 bits per heavy atom. The first-order valence-electron chi connectivity index (χ1n) is 25.9. The number of allylic oxidation sites excluding steroid dienone is 8. The molecule has 0 radical (unpaired) electrons. The van der Waals surface area contributed by atoms with Crippen molar-refractivity contribution in [1.82, 2.24) is 0 Å². The van der Waals surface area contributed by atoms with Crippen molar-refractivity contribution in [3.8, 4) is 0 Å². The molecule has 392 valence electrons. The number of rotatable bonds is 4. The van der Waals surface area contributed by atoms with Crippen LogP contribution in [0.3, 0.4) is 0 Å². The van der Waals surface area contributed by atoms with Gasteiger partial charge in [0, 0.05) is 70.8 Å². The van der Waals surface area contributed by atoms with E-state index < -0.39 is 48.6 Å². The van der Waals surface area contributed by atoms with Crippen LogP contribution < -0.4 is 0 Å². The molecule has 12 nitrogen and oxygen atoms in total. The fraction of sp³-hybridized carbons (Fsp3) is 0.655. The third-order valence-electron chi connectivity index (χ3n) is 14.3. The lowest BCUT2D eigenvalue weighted by atomic mass is 9.82. The van der Waals surface area contributed by atoms with E-state index >= 15 is 0 Å².